The number of nitrogens with one attached hydrogen (secondary N) is 2. The third kappa shape index (κ3) is 5.36. The first-order chi connectivity index (χ1) is 14.9. The number of amides is 2. The Morgan fingerprint density at radius 2 is 1.68 bits per heavy atom. The third-order valence-electron chi connectivity index (χ3n) is 4.75. The molecule has 0 aliphatic rings. The molecule has 160 valence electrons. The summed E-state index contributed by atoms with van der Waals surface area (Å²) in [5, 5.41) is 9.87. The Labute approximate surface area is 180 Å². The molecule has 0 aliphatic carbocycles. The molecule has 31 heavy (non-hydrogen) atoms. The average Bonchev–Trinajstić information content (AvgIpc) is 3.08. The van der Waals surface area contributed by atoms with Crippen molar-refractivity contribution in [3.8, 4) is 5.69 Å². The zero-order valence-electron chi connectivity index (χ0n) is 17.6. The van der Waals surface area contributed by atoms with Crippen LogP contribution in [0.2, 0.25) is 0 Å². The molecule has 3 rings (SSSR count). The fourth-order valence-corrected chi connectivity index (χ4v) is 3.18. The molecule has 0 unspecified atom stereocenters. The summed E-state index contributed by atoms with van der Waals surface area (Å²) in [6.45, 7) is 3.49. The van der Waals surface area contributed by atoms with Gasteiger partial charge in [0.05, 0.1) is 36.2 Å². The van der Waals surface area contributed by atoms with Gasteiger partial charge in [0, 0.05) is 5.69 Å². The summed E-state index contributed by atoms with van der Waals surface area (Å²) < 4.78 is 6.23. The van der Waals surface area contributed by atoms with Crippen LogP contribution < -0.4 is 10.6 Å². The van der Waals surface area contributed by atoms with Gasteiger partial charge in [-0.3, -0.25) is 14.4 Å². The Bertz CT molecular complexity index is 1090. The maximum Gasteiger partial charge on any atom is 0.325 e. The Hall–Kier alpha value is -3.94. The number of para-hydroxylation sites is 1. The summed E-state index contributed by atoms with van der Waals surface area (Å²) in [6.07, 6.45) is 0.118. The molecule has 1 heterocycles. The summed E-state index contributed by atoms with van der Waals surface area (Å²) in [7, 11) is 1.26. The van der Waals surface area contributed by atoms with Crippen molar-refractivity contribution >= 4 is 23.5 Å². The minimum atomic E-state index is -0.507. The van der Waals surface area contributed by atoms with Crippen molar-refractivity contribution in [2.45, 2.75) is 20.3 Å². The highest BCUT2D eigenvalue weighted by molar-refractivity contribution is 6.06. The first-order valence-corrected chi connectivity index (χ1v) is 9.74. The predicted molar refractivity (Wildman–Crippen MR) is 116 cm³/mol. The number of aryl methyl sites for hydroxylation is 1. The van der Waals surface area contributed by atoms with E-state index < -0.39 is 5.97 Å². The van der Waals surface area contributed by atoms with E-state index in [1.54, 1.807) is 35.9 Å². The van der Waals surface area contributed by atoms with Gasteiger partial charge in [0.15, 0.2) is 0 Å². The number of nitrogens with zero attached hydrogens (tertiary/aromatic N) is 2. The van der Waals surface area contributed by atoms with Crippen molar-refractivity contribution in [3.63, 3.8) is 0 Å². The summed E-state index contributed by atoms with van der Waals surface area (Å²) in [5.74, 6) is -1.05. The van der Waals surface area contributed by atoms with Gasteiger partial charge in [0.2, 0.25) is 5.91 Å². The Morgan fingerprint density at radius 3 is 2.32 bits per heavy atom. The Morgan fingerprint density at radius 1 is 1.00 bits per heavy atom. The molecule has 0 spiro atoms. The van der Waals surface area contributed by atoms with Crippen LogP contribution >= 0.6 is 0 Å². The van der Waals surface area contributed by atoms with E-state index in [9.17, 15) is 14.4 Å². The number of ether oxygens (including phenoxy) is 1. The molecule has 0 bridgehead atoms. The van der Waals surface area contributed by atoms with E-state index in [-0.39, 0.29) is 24.8 Å². The molecule has 0 saturated carbocycles. The SMILES string of the molecule is COC(=O)CNC(=O)Cc1ccc(NC(=O)c2c(C)nn(-c3ccccc3)c2C)cc1. The van der Waals surface area contributed by atoms with E-state index in [0.717, 1.165) is 16.9 Å². The number of methoxy groups -OCH3 is 1. The molecule has 2 N–H and O–H groups in total. The largest absolute Gasteiger partial charge is 0.468 e. The summed E-state index contributed by atoms with van der Waals surface area (Å²) >= 11 is 0. The van der Waals surface area contributed by atoms with E-state index in [2.05, 4.69) is 20.5 Å². The van der Waals surface area contributed by atoms with Crippen molar-refractivity contribution < 1.29 is 19.1 Å². The maximum absolute atomic E-state index is 12.9. The number of esters is 1. The molecule has 0 fully saturated rings. The highest BCUT2D eigenvalue weighted by atomic mass is 16.5. The average molecular weight is 420 g/mol. The number of hydrogen-bond donors (Lipinski definition) is 2. The monoisotopic (exact) mass is 420 g/mol. The minimum Gasteiger partial charge on any atom is -0.468 e. The molecule has 8 nitrogen and oxygen atoms in total. The van der Waals surface area contributed by atoms with Crippen LogP contribution in [0.4, 0.5) is 5.69 Å². The van der Waals surface area contributed by atoms with Crippen LogP contribution in [-0.4, -0.2) is 41.2 Å². The smallest absolute Gasteiger partial charge is 0.325 e. The van der Waals surface area contributed by atoms with E-state index in [1.807, 2.05) is 37.3 Å². The second-order valence-corrected chi connectivity index (χ2v) is 6.97. The summed E-state index contributed by atoms with van der Waals surface area (Å²) in [5.41, 5.74) is 4.16. The number of hydrogen-bond acceptors (Lipinski definition) is 5. The lowest BCUT2D eigenvalue weighted by Gasteiger charge is -2.08. The van der Waals surface area contributed by atoms with Gasteiger partial charge < -0.3 is 15.4 Å². The fourth-order valence-electron chi connectivity index (χ4n) is 3.18. The summed E-state index contributed by atoms with van der Waals surface area (Å²) in [4.78, 5) is 35.8. The van der Waals surface area contributed by atoms with Gasteiger partial charge in [0.25, 0.3) is 5.91 Å². The molecule has 0 saturated heterocycles. The number of benzene rings is 2. The van der Waals surface area contributed by atoms with Gasteiger partial charge in [0.1, 0.15) is 6.54 Å². The van der Waals surface area contributed by atoms with E-state index >= 15 is 0 Å². The highest BCUT2D eigenvalue weighted by Gasteiger charge is 2.19. The lowest BCUT2D eigenvalue weighted by molar-refractivity contribution is -0.141. The molecule has 1 aromatic heterocycles. The van der Waals surface area contributed by atoms with Crippen LogP contribution in [-0.2, 0) is 20.7 Å². The zero-order valence-corrected chi connectivity index (χ0v) is 17.6. The fraction of sp³-hybridized carbons (Fsp3) is 0.217. The number of aromatic nitrogens is 2. The minimum absolute atomic E-state index is 0.118. The van der Waals surface area contributed by atoms with Gasteiger partial charge in [-0.05, 0) is 43.7 Å². The lowest BCUT2D eigenvalue weighted by atomic mass is 10.1. The van der Waals surface area contributed by atoms with Gasteiger partial charge in [-0.1, -0.05) is 30.3 Å². The zero-order chi connectivity index (χ0) is 22.4. The maximum atomic E-state index is 12.9. The summed E-state index contributed by atoms with van der Waals surface area (Å²) in [6, 6.07) is 16.6. The number of rotatable bonds is 7. The molecular formula is C23H24N4O4. The van der Waals surface area contributed by atoms with Crippen LogP contribution in [0, 0.1) is 13.8 Å². The van der Waals surface area contributed by atoms with Gasteiger partial charge in [-0.25, -0.2) is 4.68 Å². The topological polar surface area (TPSA) is 102 Å². The molecule has 0 radical (unpaired) electrons. The predicted octanol–water partition coefficient (Wildman–Crippen LogP) is 2.57. The van der Waals surface area contributed by atoms with Crippen molar-refractivity contribution in [2.24, 2.45) is 0 Å². The second-order valence-electron chi connectivity index (χ2n) is 6.97. The van der Waals surface area contributed by atoms with Gasteiger partial charge in [-0.15, -0.1) is 0 Å². The molecule has 2 amide bonds. The molecule has 3 aromatic rings. The van der Waals surface area contributed by atoms with Gasteiger partial charge in [-0.2, -0.15) is 5.10 Å². The first-order valence-electron chi connectivity index (χ1n) is 9.74. The first kappa shape index (κ1) is 21.8. The van der Waals surface area contributed by atoms with Gasteiger partial charge >= 0.3 is 5.97 Å². The van der Waals surface area contributed by atoms with Crippen molar-refractivity contribution in [2.75, 3.05) is 19.0 Å². The molecule has 0 atom stereocenters. The number of carbonyl (C=O) groups is 3. The second kappa shape index (κ2) is 9.71. The molecule has 0 aliphatic heterocycles. The molecule has 8 heteroatoms. The quantitative estimate of drug-likeness (QED) is 0.572. The number of anilines is 1. The number of carbonyl (C=O) groups excluding carboxylic acids is 3. The standard InChI is InChI=1S/C23H24N4O4/c1-15-22(16(2)27(26-15)19-7-5-4-6-8-19)23(30)25-18-11-9-17(10-12-18)13-20(28)24-14-21(29)31-3/h4-12H,13-14H2,1-3H3,(H,24,28)(H,25,30). The van der Waals surface area contributed by atoms with E-state index in [0.29, 0.717) is 16.9 Å². The van der Waals surface area contributed by atoms with Crippen LogP contribution in [0.25, 0.3) is 5.69 Å². The lowest BCUT2D eigenvalue weighted by Crippen LogP contribution is -2.31. The Balaban J connectivity index is 1.66. The van der Waals surface area contributed by atoms with Crippen LogP contribution in [0.15, 0.2) is 54.6 Å². The third-order valence-corrected chi connectivity index (χ3v) is 4.75. The van der Waals surface area contributed by atoms with Crippen LogP contribution in [0.3, 0.4) is 0 Å². The Kier molecular flexibility index (Phi) is 6.81. The molecular weight excluding hydrogens is 396 g/mol. The highest BCUT2D eigenvalue weighted by Crippen LogP contribution is 2.20. The van der Waals surface area contributed by atoms with Crippen molar-refractivity contribution in [1.82, 2.24) is 15.1 Å². The van der Waals surface area contributed by atoms with Crippen molar-refractivity contribution in [3.05, 3.63) is 77.1 Å². The molecule has 2 aromatic carbocycles. The normalized spacial score (nSPS) is 10.4. The van der Waals surface area contributed by atoms with Crippen LogP contribution in [0.1, 0.15) is 27.3 Å². The van der Waals surface area contributed by atoms with Crippen LogP contribution in [0.5, 0.6) is 0 Å². The van der Waals surface area contributed by atoms with E-state index in [1.165, 1.54) is 7.11 Å². The van der Waals surface area contributed by atoms with E-state index in [4.69, 9.17) is 0 Å². The van der Waals surface area contributed by atoms with Crippen molar-refractivity contribution in [1.29, 1.82) is 0 Å².